The van der Waals surface area contributed by atoms with Gasteiger partial charge in [-0.1, -0.05) is 16.8 Å². The second-order valence-corrected chi connectivity index (χ2v) is 6.84. The maximum atomic E-state index is 10.2. The van der Waals surface area contributed by atoms with Crippen molar-refractivity contribution in [1.82, 2.24) is 0 Å². The first-order valence-corrected chi connectivity index (χ1v) is 11.9. The zero-order valence-electron chi connectivity index (χ0n) is 25.3. The zero-order valence-corrected chi connectivity index (χ0v) is 25.3. The quantitative estimate of drug-likeness (QED) is 0.0392. The SMILES string of the molecule is CO.COC(=O)OC.COC(=O)OCC(O)CO.COC(O)(OC)OCC(O)CO.O=C1OCC(CO)O1.OCC(O)CO.[BH4-].[BH4-]. The van der Waals surface area contributed by atoms with E-state index in [2.05, 4.69) is 42.6 Å². The number of rotatable bonds is 12. The summed E-state index contributed by atoms with van der Waals surface area (Å²) in [4.78, 5) is 30.0. The number of carbonyl (C=O) groups excluding carboxylic acids is 3. The molecule has 0 saturated carbocycles. The lowest BCUT2D eigenvalue weighted by molar-refractivity contribution is -0.474. The van der Waals surface area contributed by atoms with E-state index in [1.807, 2.05) is 0 Å². The van der Waals surface area contributed by atoms with Crippen LogP contribution in [-0.4, -0.2) is 212 Å². The van der Waals surface area contributed by atoms with Crippen LogP contribution in [0, 0.1) is 0 Å². The molecule has 1 rings (SSSR count). The van der Waals surface area contributed by atoms with Crippen molar-refractivity contribution in [1.29, 1.82) is 0 Å². The molecular weight excluding hydrogens is 638 g/mol. The lowest BCUT2D eigenvalue weighted by atomic mass is 10.4. The molecule has 1 heterocycles. The van der Waals surface area contributed by atoms with E-state index in [0.717, 1.165) is 14.2 Å². The van der Waals surface area contributed by atoms with E-state index in [1.165, 1.54) is 28.4 Å². The number of aliphatic hydroxyl groups is 10. The highest BCUT2D eigenvalue weighted by atomic mass is 17.0. The molecule has 3 atom stereocenters. The van der Waals surface area contributed by atoms with Gasteiger partial charge in [-0.15, -0.1) is 0 Å². The third-order valence-electron chi connectivity index (χ3n) is 3.56. The molecule has 3 unspecified atom stereocenters. The van der Waals surface area contributed by atoms with Crippen molar-refractivity contribution in [3.63, 3.8) is 0 Å². The van der Waals surface area contributed by atoms with Crippen LogP contribution in [0.4, 0.5) is 14.4 Å². The van der Waals surface area contributed by atoms with Crippen LogP contribution in [0.15, 0.2) is 0 Å². The molecule has 0 radical (unpaired) electrons. The molecule has 1 aliphatic heterocycles. The number of methoxy groups -OCH3 is 5. The number of cyclic esters (lactones) is 2. The average molecular weight is 694 g/mol. The number of aliphatic hydroxyl groups excluding tert-OH is 9. The molecule has 0 bridgehead atoms. The molecular formula is C22H56B2O22-2. The summed E-state index contributed by atoms with van der Waals surface area (Å²) in [6.45, 7) is -2.13. The maximum Gasteiger partial charge on any atom is 0.508 e. The summed E-state index contributed by atoms with van der Waals surface area (Å²) >= 11 is 0. The van der Waals surface area contributed by atoms with Gasteiger partial charge in [0.2, 0.25) is 0 Å². The van der Waals surface area contributed by atoms with E-state index in [1.54, 1.807) is 0 Å². The topological polar surface area (TPSA) is 337 Å². The van der Waals surface area contributed by atoms with Crippen molar-refractivity contribution < 1.29 is 108 Å². The number of carbonyl (C=O) groups is 3. The molecule has 22 nitrogen and oxygen atoms in total. The van der Waals surface area contributed by atoms with Gasteiger partial charge in [0.25, 0.3) is 0 Å². The lowest BCUT2D eigenvalue weighted by Gasteiger charge is -2.24. The third-order valence-corrected chi connectivity index (χ3v) is 3.56. The van der Waals surface area contributed by atoms with Crippen molar-refractivity contribution in [2.24, 2.45) is 0 Å². The number of hydrogen-bond acceptors (Lipinski definition) is 22. The van der Waals surface area contributed by atoms with Gasteiger partial charge in [-0.25, -0.2) is 14.4 Å². The summed E-state index contributed by atoms with van der Waals surface area (Å²) in [7, 11) is 7.02. The van der Waals surface area contributed by atoms with Crippen LogP contribution in [0.5, 0.6) is 0 Å². The fraction of sp³-hybridized carbons (Fsp3) is 0.864. The van der Waals surface area contributed by atoms with Crippen molar-refractivity contribution in [3.05, 3.63) is 0 Å². The average Bonchev–Trinajstić information content (AvgIpc) is 3.51. The first kappa shape index (κ1) is 58.9. The second-order valence-electron chi connectivity index (χ2n) is 6.84. The highest BCUT2D eigenvalue weighted by molar-refractivity contribution is 5.76. The van der Waals surface area contributed by atoms with Gasteiger partial charge in [0.05, 0.1) is 61.0 Å². The Morgan fingerprint density at radius 1 is 0.761 bits per heavy atom. The van der Waals surface area contributed by atoms with Crippen LogP contribution in [0.3, 0.4) is 0 Å². The Kier molecular flexibility index (Phi) is 54.3. The molecule has 46 heavy (non-hydrogen) atoms. The molecule has 1 aliphatic rings. The highest BCUT2D eigenvalue weighted by Crippen LogP contribution is 2.08. The van der Waals surface area contributed by atoms with E-state index in [9.17, 15) is 14.4 Å². The maximum absolute atomic E-state index is 10.2. The van der Waals surface area contributed by atoms with Crippen molar-refractivity contribution in [3.8, 4) is 0 Å². The Labute approximate surface area is 270 Å². The van der Waals surface area contributed by atoms with Crippen LogP contribution in [0.1, 0.15) is 0 Å². The van der Waals surface area contributed by atoms with Gasteiger partial charge in [-0.05, 0) is 0 Å². The van der Waals surface area contributed by atoms with Crippen LogP contribution in [-0.2, 0) is 42.6 Å². The summed E-state index contributed by atoms with van der Waals surface area (Å²) in [6, 6.07) is 0. The Morgan fingerprint density at radius 3 is 1.37 bits per heavy atom. The number of hydrogen-bond donors (Lipinski definition) is 10. The fourth-order valence-corrected chi connectivity index (χ4v) is 1.33. The first-order valence-electron chi connectivity index (χ1n) is 11.9. The van der Waals surface area contributed by atoms with Gasteiger partial charge in [0.15, 0.2) is 6.10 Å². The summed E-state index contributed by atoms with van der Waals surface area (Å²) < 4.78 is 38.6. The molecule has 1 saturated heterocycles. The lowest BCUT2D eigenvalue weighted by Crippen LogP contribution is -2.39. The predicted molar refractivity (Wildman–Crippen MR) is 163 cm³/mol. The van der Waals surface area contributed by atoms with Crippen LogP contribution in [0.25, 0.3) is 0 Å². The monoisotopic (exact) mass is 694 g/mol. The van der Waals surface area contributed by atoms with E-state index < -0.39 is 62.3 Å². The van der Waals surface area contributed by atoms with Crippen LogP contribution >= 0.6 is 0 Å². The molecule has 0 aromatic rings. The van der Waals surface area contributed by atoms with Crippen molar-refractivity contribution in [2.45, 2.75) is 30.6 Å². The van der Waals surface area contributed by atoms with Crippen molar-refractivity contribution in [2.75, 3.05) is 95.5 Å². The molecule has 1 fully saturated rings. The molecule has 284 valence electrons. The van der Waals surface area contributed by atoms with Gasteiger partial charge >= 0.3 is 24.6 Å². The van der Waals surface area contributed by atoms with Gasteiger partial charge < -0.3 is 93.7 Å². The van der Waals surface area contributed by atoms with E-state index in [-0.39, 0.29) is 56.5 Å². The normalized spacial score (nSPS) is 13.6. The Balaban J connectivity index is -0.0000000824. The summed E-state index contributed by atoms with van der Waals surface area (Å²) in [5.74, 6) is 0. The minimum Gasteiger partial charge on any atom is -0.438 e. The Morgan fingerprint density at radius 2 is 1.15 bits per heavy atom. The van der Waals surface area contributed by atoms with E-state index >= 15 is 0 Å². The van der Waals surface area contributed by atoms with Crippen LogP contribution < -0.4 is 0 Å². The summed E-state index contributed by atoms with van der Waals surface area (Å²) in [5, 5.41) is 82.5. The number of ether oxygens (including phenoxy) is 9. The zero-order chi connectivity index (χ0) is 35.6. The molecule has 0 aromatic heterocycles. The smallest absolute Gasteiger partial charge is 0.438 e. The second kappa shape index (κ2) is 42.4. The van der Waals surface area contributed by atoms with Crippen LogP contribution in [0.2, 0.25) is 0 Å². The van der Waals surface area contributed by atoms with E-state index in [0.29, 0.717) is 0 Å². The Hall–Kier alpha value is -2.58. The van der Waals surface area contributed by atoms with E-state index in [4.69, 9.17) is 51.1 Å². The molecule has 0 amide bonds. The minimum absolute atomic E-state index is 0. The molecule has 24 heteroatoms. The van der Waals surface area contributed by atoms with Gasteiger partial charge in [-0.2, -0.15) is 0 Å². The largest absolute Gasteiger partial charge is 0.508 e. The molecule has 0 aromatic carbocycles. The minimum atomic E-state index is -2.16. The first-order chi connectivity index (χ1) is 20.7. The van der Waals surface area contributed by atoms with Gasteiger partial charge in [0.1, 0.15) is 31.5 Å². The fourth-order valence-electron chi connectivity index (χ4n) is 1.33. The Bertz CT molecular complexity index is 635. The van der Waals surface area contributed by atoms with Gasteiger partial charge in [0, 0.05) is 21.3 Å². The standard InChI is InChI=1S/C6H14O6.C5H10O5.C4H6O4.C3H6O3.C3H8O3.CH4O.2BH4/c1-10-6(9,11-2)12-4-5(8)3-7;1-9-5(8)10-3-4(7)2-6;5-1-3-2-7-4(6)8-3;1-5-3(4)6-2;4-1-3(6)2-5;1-2;;/h5,7-9H,3-4H2,1-2H3;4,6-7H,2-3H2,1H3;3,5H,1-2H2;1-2H3;3-6H,1-2H2;2H,1H3;2*1H4/q;;;;;;2*-1. The molecule has 0 spiro atoms. The highest BCUT2D eigenvalue weighted by Gasteiger charge is 2.28. The summed E-state index contributed by atoms with van der Waals surface area (Å²) in [6.07, 6.45) is -7.86. The summed E-state index contributed by atoms with van der Waals surface area (Å²) in [5.41, 5.74) is 0. The molecule has 0 aliphatic carbocycles. The van der Waals surface area contributed by atoms with Crippen molar-refractivity contribution >= 4 is 35.3 Å². The third kappa shape index (κ3) is 43.5. The predicted octanol–water partition coefficient (Wildman–Crippen LogP) is -7.67. The molecule has 10 N–H and O–H groups in total. The van der Waals surface area contributed by atoms with Gasteiger partial charge in [-0.3, -0.25) is 0 Å².